The second-order valence-corrected chi connectivity index (χ2v) is 9.68. The van der Waals surface area contributed by atoms with Crippen LogP contribution < -0.4 is 14.8 Å². The number of ether oxygens (including phenoxy) is 2. The van der Waals surface area contributed by atoms with Crippen molar-refractivity contribution in [3.05, 3.63) is 59.0 Å². The highest BCUT2D eigenvalue weighted by molar-refractivity contribution is 7.17. The predicted octanol–water partition coefficient (Wildman–Crippen LogP) is 5.69. The third-order valence-corrected chi connectivity index (χ3v) is 7.76. The molecule has 1 saturated carbocycles. The molecule has 162 valence electrons. The van der Waals surface area contributed by atoms with Gasteiger partial charge in [0.2, 0.25) is 5.91 Å². The third kappa shape index (κ3) is 4.29. The lowest BCUT2D eigenvalue weighted by Gasteiger charge is -2.30. The van der Waals surface area contributed by atoms with Crippen molar-refractivity contribution < 1.29 is 14.3 Å². The number of piperidine rings is 1. The Morgan fingerprint density at radius 1 is 1.10 bits per heavy atom. The molecule has 3 aromatic rings. The van der Waals surface area contributed by atoms with E-state index in [9.17, 15) is 4.79 Å². The van der Waals surface area contributed by atoms with Crippen molar-refractivity contribution in [2.75, 3.05) is 13.7 Å². The lowest BCUT2D eigenvalue weighted by atomic mass is 9.82. The van der Waals surface area contributed by atoms with Gasteiger partial charge in [0, 0.05) is 23.1 Å². The Morgan fingerprint density at radius 2 is 1.94 bits per heavy atom. The average Bonchev–Trinajstić information content (AvgIpc) is 3.45. The highest BCUT2D eigenvalue weighted by atomic mass is 32.1. The van der Waals surface area contributed by atoms with E-state index in [1.54, 1.807) is 18.4 Å². The monoisotopic (exact) mass is 435 g/mol. The number of carbonyl (C=O) groups excluding carboxylic acids is 1. The molecule has 2 aliphatic rings. The second-order valence-electron chi connectivity index (χ2n) is 8.77. The number of benzene rings is 2. The van der Waals surface area contributed by atoms with Crippen LogP contribution in [0, 0.1) is 5.92 Å². The van der Waals surface area contributed by atoms with E-state index in [4.69, 9.17) is 9.47 Å². The minimum Gasteiger partial charge on any atom is -0.493 e. The van der Waals surface area contributed by atoms with Gasteiger partial charge < -0.3 is 14.8 Å². The molecule has 1 aliphatic carbocycles. The largest absolute Gasteiger partial charge is 0.493 e. The Labute approximate surface area is 187 Å². The zero-order valence-electron chi connectivity index (χ0n) is 17.9. The molecule has 2 fully saturated rings. The molecular weight excluding hydrogens is 406 g/mol. The number of rotatable bonds is 6. The Kier molecular flexibility index (Phi) is 5.86. The van der Waals surface area contributed by atoms with Gasteiger partial charge in [-0.15, -0.1) is 11.3 Å². The molecule has 1 aliphatic heterocycles. The number of hydrogen-bond acceptors (Lipinski definition) is 4. The maximum Gasteiger partial charge on any atom is 0.223 e. The molecule has 0 bridgehead atoms. The normalized spacial score (nSPS) is 21.9. The van der Waals surface area contributed by atoms with E-state index in [2.05, 4.69) is 47.1 Å². The molecule has 0 spiro atoms. The summed E-state index contributed by atoms with van der Waals surface area (Å²) in [6.07, 6.45) is 6.63. The first-order valence-corrected chi connectivity index (χ1v) is 12.2. The Balaban J connectivity index is 1.35. The first kappa shape index (κ1) is 20.4. The summed E-state index contributed by atoms with van der Waals surface area (Å²) in [6.45, 7) is 0.676. The molecule has 1 aromatic heterocycles. The van der Waals surface area contributed by atoms with Crippen molar-refractivity contribution in [3.63, 3.8) is 0 Å². The van der Waals surface area contributed by atoms with Crippen LogP contribution in [0.5, 0.6) is 11.5 Å². The van der Waals surface area contributed by atoms with Crippen LogP contribution >= 0.6 is 11.3 Å². The first-order valence-electron chi connectivity index (χ1n) is 11.3. The Bertz CT molecular complexity index is 1070. The molecular formula is C26H29NO3S. The van der Waals surface area contributed by atoms with Gasteiger partial charge in [0.25, 0.3) is 0 Å². The summed E-state index contributed by atoms with van der Waals surface area (Å²) < 4.78 is 13.1. The SMILES string of the molecule is COc1ccc([C@H]2CNC(=O)[C@@H](Cc3csc4ccccc34)C2)cc1OC1CCCC1. The zero-order valence-corrected chi connectivity index (χ0v) is 18.8. The van der Waals surface area contributed by atoms with Gasteiger partial charge in [-0.25, -0.2) is 0 Å². The van der Waals surface area contributed by atoms with E-state index in [1.165, 1.54) is 34.1 Å². The van der Waals surface area contributed by atoms with Crippen LogP contribution in [-0.2, 0) is 11.2 Å². The van der Waals surface area contributed by atoms with Gasteiger partial charge >= 0.3 is 0 Å². The minimum absolute atomic E-state index is 0.0157. The average molecular weight is 436 g/mol. The van der Waals surface area contributed by atoms with Crippen molar-refractivity contribution in [1.29, 1.82) is 0 Å². The first-order chi connectivity index (χ1) is 15.2. The van der Waals surface area contributed by atoms with E-state index in [1.807, 2.05) is 6.07 Å². The molecule has 5 rings (SSSR count). The molecule has 31 heavy (non-hydrogen) atoms. The van der Waals surface area contributed by atoms with Crippen LogP contribution in [0.4, 0.5) is 0 Å². The standard InChI is InChI=1S/C26H29NO3S/c1-29-23-11-10-17(14-24(23)30-21-6-2-3-7-21)19-12-18(26(28)27-15-19)13-20-16-31-25-9-5-4-8-22(20)25/h4-5,8-11,14,16,18-19,21H,2-3,6-7,12-13,15H2,1H3,(H,27,28)/t18-,19-/m1/s1. The zero-order chi connectivity index (χ0) is 21.2. The number of fused-ring (bicyclic) bond motifs is 1. The quantitative estimate of drug-likeness (QED) is 0.541. The fraction of sp³-hybridized carbons (Fsp3) is 0.423. The van der Waals surface area contributed by atoms with E-state index in [0.717, 1.165) is 37.2 Å². The number of thiophene rings is 1. The van der Waals surface area contributed by atoms with E-state index < -0.39 is 0 Å². The van der Waals surface area contributed by atoms with Crippen molar-refractivity contribution in [1.82, 2.24) is 5.32 Å². The predicted molar refractivity (Wildman–Crippen MR) is 125 cm³/mol. The summed E-state index contributed by atoms with van der Waals surface area (Å²) in [6, 6.07) is 14.7. The topological polar surface area (TPSA) is 47.6 Å². The Hall–Kier alpha value is -2.53. The van der Waals surface area contributed by atoms with Gasteiger partial charge in [0.1, 0.15) is 0 Å². The van der Waals surface area contributed by atoms with Gasteiger partial charge in [-0.05, 0) is 78.6 Å². The summed E-state index contributed by atoms with van der Waals surface area (Å²) in [4.78, 5) is 12.7. The van der Waals surface area contributed by atoms with Crippen molar-refractivity contribution >= 4 is 27.3 Å². The summed E-state index contributed by atoms with van der Waals surface area (Å²) in [7, 11) is 1.69. The third-order valence-electron chi connectivity index (χ3n) is 6.74. The molecule has 0 radical (unpaired) electrons. The van der Waals surface area contributed by atoms with E-state index in [0.29, 0.717) is 6.54 Å². The summed E-state index contributed by atoms with van der Waals surface area (Å²) in [5.74, 6) is 2.06. The van der Waals surface area contributed by atoms with Gasteiger partial charge in [-0.2, -0.15) is 0 Å². The number of carbonyl (C=O) groups is 1. The number of methoxy groups -OCH3 is 1. The molecule has 1 saturated heterocycles. The molecule has 0 unspecified atom stereocenters. The molecule has 1 amide bonds. The van der Waals surface area contributed by atoms with Gasteiger partial charge in [-0.3, -0.25) is 4.79 Å². The lowest BCUT2D eigenvalue weighted by Crippen LogP contribution is -2.41. The van der Waals surface area contributed by atoms with Crippen molar-refractivity contribution in [2.45, 2.75) is 50.5 Å². The number of nitrogens with one attached hydrogen (secondary N) is 1. The highest BCUT2D eigenvalue weighted by Gasteiger charge is 2.31. The molecule has 2 atom stereocenters. The summed E-state index contributed by atoms with van der Waals surface area (Å²) in [5, 5.41) is 6.64. The maximum atomic E-state index is 12.7. The smallest absolute Gasteiger partial charge is 0.223 e. The van der Waals surface area contributed by atoms with Crippen LogP contribution in [-0.4, -0.2) is 25.7 Å². The van der Waals surface area contributed by atoms with E-state index >= 15 is 0 Å². The van der Waals surface area contributed by atoms with Crippen LogP contribution in [0.25, 0.3) is 10.1 Å². The van der Waals surface area contributed by atoms with Crippen molar-refractivity contribution in [3.8, 4) is 11.5 Å². The maximum absolute atomic E-state index is 12.7. The number of hydrogen-bond donors (Lipinski definition) is 1. The van der Waals surface area contributed by atoms with Crippen LogP contribution in [0.2, 0.25) is 0 Å². The fourth-order valence-corrected chi connectivity index (χ4v) is 5.99. The summed E-state index contributed by atoms with van der Waals surface area (Å²) >= 11 is 1.76. The Morgan fingerprint density at radius 3 is 2.77 bits per heavy atom. The fourth-order valence-electron chi connectivity index (χ4n) is 5.01. The van der Waals surface area contributed by atoms with Gasteiger partial charge in [0.15, 0.2) is 11.5 Å². The van der Waals surface area contributed by atoms with Gasteiger partial charge in [0.05, 0.1) is 13.2 Å². The van der Waals surface area contributed by atoms with Crippen LogP contribution in [0.15, 0.2) is 47.8 Å². The highest BCUT2D eigenvalue weighted by Crippen LogP contribution is 2.38. The minimum atomic E-state index is -0.0157. The molecule has 4 nitrogen and oxygen atoms in total. The molecule has 1 N–H and O–H groups in total. The van der Waals surface area contributed by atoms with Gasteiger partial charge in [-0.1, -0.05) is 24.3 Å². The molecule has 2 heterocycles. The number of amides is 1. The van der Waals surface area contributed by atoms with Crippen molar-refractivity contribution in [2.24, 2.45) is 5.92 Å². The van der Waals surface area contributed by atoms with Crippen LogP contribution in [0.3, 0.4) is 0 Å². The second kappa shape index (κ2) is 8.91. The summed E-state index contributed by atoms with van der Waals surface area (Å²) in [5.41, 5.74) is 2.50. The lowest BCUT2D eigenvalue weighted by molar-refractivity contribution is -0.126. The molecule has 2 aromatic carbocycles. The molecule has 5 heteroatoms. The van der Waals surface area contributed by atoms with E-state index in [-0.39, 0.29) is 23.8 Å². The van der Waals surface area contributed by atoms with Crippen LogP contribution in [0.1, 0.15) is 49.1 Å².